The lowest BCUT2D eigenvalue weighted by atomic mass is 10.3. The van der Waals surface area contributed by atoms with Gasteiger partial charge in [0.15, 0.2) is 11.5 Å². The molecule has 7 heteroatoms. The number of benzene rings is 1. The fourth-order valence-corrected chi connectivity index (χ4v) is 2.88. The summed E-state index contributed by atoms with van der Waals surface area (Å²) >= 11 is 0. The van der Waals surface area contributed by atoms with Gasteiger partial charge in [0.1, 0.15) is 1.41 Å². The van der Waals surface area contributed by atoms with Crippen LogP contribution in [0.25, 0.3) is 0 Å². The summed E-state index contributed by atoms with van der Waals surface area (Å²) in [5.74, 6) is 1.13. The number of rotatable bonds is 1. The number of fused-ring (bicyclic) bond motifs is 1. The zero-order valence-electron chi connectivity index (χ0n) is 9.29. The predicted octanol–water partition coefficient (Wildman–Crippen LogP) is 0.0697. The zero-order valence-corrected chi connectivity index (χ0v) is 9.11. The molecular formula is C9H10N2O4S. The third-order valence-electron chi connectivity index (χ3n) is 2.48. The molecule has 1 aromatic rings. The third-order valence-corrected chi connectivity index (χ3v) is 3.94. The predicted molar refractivity (Wildman–Crippen MR) is 56.8 cm³/mol. The molecule has 0 saturated carbocycles. The van der Waals surface area contributed by atoms with E-state index in [1.54, 1.807) is 18.2 Å². The van der Waals surface area contributed by atoms with E-state index in [-0.39, 0.29) is 19.9 Å². The van der Waals surface area contributed by atoms with E-state index in [9.17, 15) is 8.42 Å². The highest BCUT2D eigenvalue weighted by Crippen LogP contribution is 2.36. The standard InChI is InChI=1S/C9H10N2O4S/c12-16(13)10-3-4-11(16)7-1-2-8-9(5-7)15-6-14-8/h1-2,5,10H,3-4,6H2/i/hD. The summed E-state index contributed by atoms with van der Waals surface area (Å²) in [5, 5.41) is 0. The topological polar surface area (TPSA) is 67.9 Å². The monoisotopic (exact) mass is 243 g/mol. The summed E-state index contributed by atoms with van der Waals surface area (Å²) in [6.45, 7) is 0.582. The number of hydrogen-bond donors (Lipinski definition) is 1. The molecule has 2 aliphatic heterocycles. The maximum atomic E-state index is 11.8. The molecule has 1 N–H and O–H groups in total. The van der Waals surface area contributed by atoms with Crippen LogP contribution in [0.2, 0.25) is 1.41 Å². The molecule has 1 saturated heterocycles. The van der Waals surface area contributed by atoms with Gasteiger partial charge in [-0.1, -0.05) is 0 Å². The lowest BCUT2D eigenvalue weighted by Crippen LogP contribution is -2.29. The van der Waals surface area contributed by atoms with Crippen molar-refractivity contribution < 1.29 is 19.3 Å². The van der Waals surface area contributed by atoms with Crippen LogP contribution in [0.3, 0.4) is 0 Å². The summed E-state index contributed by atoms with van der Waals surface area (Å²) in [7, 11) is -3.70. The Bertz CT molecular complexity index is 562. The van der Waals surface area contributed by atoms with Crippen LogP contribution in [0, 0.1) is 0 Å². The minimum absolute atomic E-state index is 0.149. The van der Waals surface area contributed by atoms with Gasteiger partial charge in [0.2, 0.25) is 6.79 Å². The van der Waals surface area contributed by atoms with Gasteiger partial charge in [-0.15, -0.1) is 0 Å². The molecule has 0 unspecified atom stereocenters. The van der Waals surface area contributed by atoms with Crippen LogP contribution in [0.15, 0.2) is 18.2 Å². The van der Waals surface area contributed by atoms with E-state index in [2.05, 4.69) is 0 Å². The van der Waals surface area contributed by atoms with E-state index in [0.717, 1.165) is 0 Å². The molecule has 16 heavy (non-hydrogen) atoms. The van der Waals surface area contributed by atoms with Gasteiger partial charge in [-0.3, -0.25) is 4.31 Å². The minimum Gasteiger partial charge on any atom is -0.454 e. The number of hydrogen-bond acceptors (Lipinski definition) is 4. The second-order valence-electron chi connectivity index (χ2n) is 3.44. The van der Waals surface area contributed by atoms with Crippen molar-refractivity contribution in [3.05, 3.63) is 18.2 Å². The number of nitrogens with one attached hydrogen (secondary N) is 1. The van der Waals surface area contributed by atoms with Crippen molar-refractivity contribution in [2.75, 3.05) is 24.2 Å². The minimum atomic E-state index is -3.70. The first kappa shape index (κ1) is 8.66. The SMILES string of the molecule is [2H]N1CCN(c2ccc3c(c2)OCO3)S1(=O)=O. The Kier molecular flexibility index (Phi) is 1.76. The van der Waals surface area contributed by atoms with E-state index in [1.165, 1.54) is 4.31 Å². The molecule has 2 aliphatic rings. The Morgan fingerprint density at radius 3 is 2.94 bits per heavy atom. The average molecular weight is 243 g/mol. The maximum absolute atomic E-state index is 11.8. The Balaban J connectivity index is 2.01. The molecule has 0 spiro atoms. The van der Waals surface area contributed by atoms with Gasteiger partial charge < -0.3 is 9.47 Å². The van der Waals surface area contributed by atoms with Crippen molar-refractivity contribution in [1.82, 2.24) is 4.72 Å². The zero-order chi connectivity index (χ0) is 12.0. The summed E-state index contributed by atoms with van der Waals surface area (Å²) in [6, 6.07) is 4.92. The van der Waals surface area contributed by atoms with Crippen molar-refractivity contribution in [2.24, 2.45) is 0 Å². The van der Waals surface area contributed by atoms with Gasteiger partial charge >= 0.3 is 10.2 Å². The van der Waals surface area contributed by atoms with Gasteiger partial charge in [0, 0.05) is 19.2 Å². The fraction of sp³-hybridized carbons (Fsp3) is 0.333. The smallest absolute Gasteiger partial charge is 0.301 e. The molecule has 86 valence electrons. The van der Waals surface area contributed by atoms with E-state index >= 15 is 0 Å². The molecule has 0 amide bonds. The highest BCUT2D eigenvalue weighted by Gasteiger charge is 2.29. The van der Waals surface area contributed by atoms with E-state index < -0.39 is 10.2 Å². The molecule has 1 fully saturated rings. The summed E-state index contributed by atoms with van der Waals surface area (Å²) in [5.41, 5.74) is 0.490. The first-order chi connectivity index (χ1) is 8.09. The van der Waals surface area contributed by atoms with Crippen LogP contribution in [-0.4, -0.2) is 28.3 Å². The van der Waals surface area contributed by atoms with E-state index in [1.807, 2.05) is 0 Å². The van der Waals surface area contributed by atoms with Gasteiger partial charge in [-0.25, -0.2) is 0 Å². The van der Waals surface area contributed by atoms with Crippen molar-refractivity contribution in [1.29, 1.82) is 0 Å². The normalized spacial score (nSPS) is 23.5. The Labute approximate surface area is 94.4 Å². The van der Waals surface area contributed by atoms with Crippen molar-refractivity contribution in [2.45, 2.75) is 0 Å². The van der Waals surface area contributed by atoms with Gasteiger partial charge in [-0.2, -0.15) is 13.1 Å². The Hall–Kier alpha value is -1.47. The largest absolute Gasteiger partial charge is 0.454 e. The lowest BCUT2D eigenvalue weighted by molar-refractivity contribution is 0.174. The van der Waals surface area contributed by atoms with Crippen LogP contribution in [0.4, 0.5) is 5.69 Å². The molecular weight excluding hydrogens is 232 g/mol. The molecule has 1 aromatic carbocycles. The maximum Gasteiger partial charge on any atom is 0.301 e. The van der Waals surface area contributed by atoms with Crippen molar-refractivity contribution >= 4 is 15.9 Å². The van der Waals surface area contributed by atoms with E-state index in [0.29, 0.717) is 21.9 Å². The molecule has 0 aromatic heterocycles. The first-order valence-corrected chi connectivity index (χ1v) is 6.18. The average Bonchev–Trinajstić information content (AvgIpc) is 2.84. The highest BCUT2D eigenvalue weighted by molar-refractivity contribution is 7.91. The van der Waals surface area contributed by atoms with E-state index in [4.69, 9.17) is 10.9 Å². The molecule has 2 heterocycles. The van der Waals surface area contributed by atoms with Crippen LogP contribution in [0.1, 0.15) is 0 Å². The summed E-state index contributed by atoms with van der Waals surface area (Å²) < 4.78 is 43.0. The number of anilines is 1. The van der Waals surface area contributed by atoms with Crippen LogP contribution in [0.5, 0.6) is 11.5 Å². The second kappa shape index (κ2) is 3.26. The number of nitrogens with zero attached hydrogens (tertiary/aromatic N) is 1. The second-order valence-corrected chi connectivity index (χ2v) is 5.03. The molecule has 0 bridgehead atoms. The lowest BCUT2D eigenvalue weighted by Gasteiger charge is -2.15. The first-order valence-electron chi connectivity index (χ1n) is 5.23. The molecule has 0 aliphatic carbocycles. The van der Waals surface area contributed by atoms with Crippen molar-refractivity contribution in [3.63, 3.8) is 0 Å². The summed E-state index contributed by atoms with van der Waals surface area (Å²) in [6.07, 6.45) is 0. The third kappa shape index (κ3) is 1.40. The van der Waals surface area contributed by atoms with Crippen LogP contribution in [-0.2, 0) is 10.2 Å². The van der Waals surface area contributed by atoms with Crippen molar-refractivity contribution in [3.8, 4) is 11.5 Å². The fourth-order valence-electron chi connectivity index (χ4n) is 1.73. The highest BCUT2D eigenvalue weighted by atomic mass is 32.2. The molecule has 0 radical (unpaired) electrons. The molecule has 0 atom stereocenters. The molecule has 6 nitrogen and oxygen atoms in total. The quantitative estimate of drug-likeness (QED) is 0.758. The van der Waals surface area contributed by atoms with Crippen LogP contribution >= 0.6 is 0 Å². The number of ether oxygens (including phenoxy) is 2. The Morgan fingerprint density at radius 1 is 1.38 bits per heavy atom. The van der Waals surface area contributed by atoms with Crippen LogP contribution < -0.4 is 18.5 Å². The van der Waals surface area contributed by atoms with Gasteiger partial charge in [0.05, 0.1) is 5.69 Å². The Morgan fingerprint density at radius 2 is 2.19 bits per heavy atom. The molecule has 3 rings (SSSR count). The summed E-state index contributed by atoms with van der Waals surface area (Å²) in [4.78, 5) is 0. The van der Waals surface area contributed by atoms with Gasteiger partial charge in [-0.05, 0) is 12.1 Å². The van der Waals surface area contributed by atoms with Gasteiger partial charge in [0.25, 0.3) is 0 Å².